The van der Waals surface area contributed by atoms with Crippen LogP contribution in [0, 0.1) is 12.7 Å². The topological polar surface area (TPSA) is 46.5 Å². The van der Waals surface area contributed by atoms with E-state index < -0.39 is 11.8 Å². The summed E-state index contributed by atoms with van der Waals surface area (Å²) in [5.41, 5.74) is 1.51. The third-order valence-corrected chi connectivity index (χ3v) is 2.90. The van der Waals surface area contributed by atoms with E-state index in [-0.39, 0.29) is 5.56 Å². The van der Waals surface area contributed by atoms with Crippen molar-refractivity contribution in [3.05, 3.63) is 53.3 Å². The predicted molar refractivity (Wildman–Crippen MR) is 70.1 cm³/mol. The largest absolute Gasteiger partial charge is 0.497 e. The van der Waals surface area contributed by atoms with Crippen molar-refractivity contribution in [2.45, 2.75) is 6.92 Å². The Kier molecular flexibility index (Phi) is 3.51. The van der Waals surface area contributed by atoms with Crippen LogP contribution in [0.3, 0.4) is 0 Å². The lowest BCUT2D eigenvalue weighted by Crippen LogP contribution is -2.04. The van der Waals surface area contributed by atoms with Gasteiger partial charge >= 0.3 is 5.97 Å². The zero-order valence-corrected chi connectivity index (χ0v) is 10.6. The van der Waals surface area contributed by atoms with Gasteiger partial charge in [-0.1, -0.05) is 18.2 Å². The number of rotatable bonds is 3. The Hall–Kier alpha value is -2.36. The van der Waals surface area contributed by atoms with Gasteiger partial charge in [-0.2, -0.15) is 0 Å². The number of halogens is 1. The maximum absolute atomic E-state index is 13.8. The highest BCUT2D eigenvalue weighted by Gasteiger charge is 2.15. The van der Waals surface area contributed by atoms with Crippen LogP contribution in [0.4, 0.5) is 4.39 Å². The predicted octanol–water partition coefficient (Wildman–Crippen LogP) is 3.51. The van der Waals surface area contributed by atoms with Crippen molar-refractivity contribution in [1.82, 2.24) is 0 Å². The lowest BCUT2D eigenvalue weighted by Gasteiger charge is -2.08. The Bertz CT molecular complexity index is 612. The third-order valence-electron chi connectivity index (χ3n) is 2.90. The number of aryl methyl sites for hydroxylation is 1. The molecule has 0 unspecified atom stereocenters. The van der Waals surface area contributed by atoms with E-state index in [0.717, 1.165) is 5.56 Å². The second-order valence-corrected chi connectivity index (χ2v) is 4.19. The number of benzene rings is 2. The number of hydrogen-bond donors (Lipinski definition) is 1. The molecule has 0 atom stereocenters. The molecule has 1 N–H and O–H groups in total. The second kappa shape index (κ2) is 5.10. The fraction of sp³-hybridized carbons (Fsp3) is 0.133. The molecule has 4 heteroatoms. The Morgan fingerprint density at radius 2 is 1.95 bits per heavy atom. The summed E-state index contributed by atoms with van der Waals surface area (Å²) >= 11 is 0. The van der Waals surface area contributed by atoms with E-state index in [1.165, 1.54) is 6.07 Å². The monoisotopic (exact) mass is 260 g/mol. The van der Waals surface area contributed by atoms with E-state index in [0.29, 0.717) is 16.9 Å². The first-order valence-corrected chi connectivity index (χ1v) is 5.71. The van der Waals surface area contributed by atoms with Crippen LogP contribution < -0.4 is 4.74 Å². The average Bonchev–Trinajstić information content (AvgIpc) is 2.37. The molecule has 0 aliphatic rings. The standard InChI is InChI=1S/C15H13FO3/c1-9-6-11(8-13(16)14(9)15(17)18)10-4-3-5-12(7-10)19-2/h3-8H,1-2H3,(H,17,18). The molecule has 0 aromatic heterocycles. The van der Waals surface area contributed by atoms with Gasteiger partial charge in [0.05, 0.1) is 12.7 Å². The van der Waals surface area contributed by atoms with Crippen LogP contribution in [0.5, 0.6) is 5.75 Å². The van der Waals surface area contributed by atoms with Crippen molar-refractivity contribution in [3.8, 4) is 16.9 Å². The fourth-order valence-electron chi connectivity index (χ4n) is 1.98. The summed E-state index contributed by atoms with van der Waals surface area (Å²) in [6, 6.07) is 10.1. The minimum Gasteiger partial charge on any atom is -0.497 e. The number of carbonyl (C=O) groups is 1. The van der Waals surface area contributed by atoms with Crippen LogP contribution in [0.2, 0.25) is 0 Å². The summed E-state index contributed by atoms with van der Waals surface area (Å²) in [7, 11) is 1.55. The quantitative estimate of drug-likeness (QED) is 0.918. The van der Waals surface area contributed by atoms with Crippen LogP contribution >= 0.6 is 0 Å². The molecule has 0 bridgehead atoms. The zero-order chi connectivity index (χ0) is 14.0. The Morgan fingerprint density at radius 3 is 2.53 bits per heavy atom. The van der Waals surface area contributed by atoms with Crippen molar-refractivity contribution in [2.75, 3.05) is 7.11 Å². The van der Waals surface area contributed by atoms with E-state index in [4.69, 9.17) is 9.84 Å². The highest BCUT2D eigenvalue weighted by Crippen LogP contribution is 2.27. The van der Waals surface area contributed by atoms with Crippen molar-refractivity contribution < 1.29 is 19.0 Å². The van der Waals surface area contributed by atoms with Crippen LogP contribution in [-0.2, 0) is 0 Å². The molecule has 98 valence electrons. The Balaban J connectivity index is 2.55. The molecule has 2 aromatic carbocycles. The number of carboxylic acids is 1. The van der Waals surface area contributed by atoms with E-state index in [1.807, 2.05) is 6.07 Å². The van der Waals surface area contributed by atoms with Crippen LogP contribution in [-0.4, -0.2) is 18.2 Å². The SMILES string of the molecule is COc1cccc(-c2cc(C)c(C(=O)O)c(F)c2)c1. The van der Waals surface area contributed by atoms with Crippen molar-refractivity contribution in [2.24, 2.45) is 0 Å². The molecule has 2 aromatic rings. The van der Waals surface area contributed by atoms with Crippen LogP contribution in [0.25, 0.3) is 11.1 Å². The number of carboxylic acid groups (broad SMARTS) is 1. The lowest BCUT2D eigenvalue weighted by atomic mass is 9.99. The molecular formula is C15H13FO3. The molecular weight excluding hydrogens is 247 g/mol. The first-order valence-electron chi connectivity index (χ1n) is 5.71. The molecule has 0 spiro atoms. The molecule has 0 aliphatic heterocycles. The van der Waals surface area contributed by atoms with Gasteiger partial charge in [-0.25, -0.2) is 9.18 Å². The molecule has 3 nitrogen and oxygen atoms in total. The van der Waals surface area contributed by atoms with E-state index in [9.17, 15) is 9.18 Å². The van der Waals surface area contributed by atoms with E-state index >= 15 is 0 Å². The van der Waals surface area contributed by atoms with Gasteiger partial charge in [-0.05, 0) is 41.8 Å². The normalized spacial score (nSPS) is 10.3. The van der Waals surface area contributed by atoms with Crippen molar-refractivity contribution in [3.63, 3.8) is 0 Å². The van der Waals surface area contributed by atoms with Gasteiger partial charge in [-0.3, -0.25) is 0 Å². The fourth-order valence-corrected chi connectivity index (χ4v) is 1.98. The molecule has 0 saturated heterocycles. The van der Waals surface area contributed by atoms with Gasteiger partial charge in [-0.15, -0.1) is 0 Å². The molecule has 0 amide bonds. The zero-order valence-electron chi connectivity index (χ0n) is 10.6. The minimum atomic E-state index is -1.26. The summed E-state index contributed by atoms with van der Waals surface area (Å²) in [5.74, 6) is -1.32. The summed E-state index contributed by atoms with van der Waals surface area (Å²) in [6.07, 6.45) is 0. The molecule has 0 aliphatic carbocycles. The number of aromatic carboxylic acids is 1. The smallest absolute Gasteiger partial charge is 0.338 e. The van der Waals surface area contributed by atoms with Gasteiger partial charge < -0.3 is 9.84 Å². The maximum Gasteiger partial charge on any atom is 0.338 e. The summed E-state index contributed by atoms with van der Waals surface area (Å²) in [5, 5.41) is 8.93. The minimum absolute atomic E-state index is 0.286. The van der Waals surface area contributed by atoms with Crippen LogP contribution in [0.1, 0.15) is 15.9 Å². The number of methoxy groups -OCH3 is 1. The third kappa shape index (κ3) is 2.57. The molecule has 0 heterocycles. The first-order chi connectivity index (χ1) is 9.02. The van der Waals surface area contributed by atoms with Crippen molar-refractivity contribution >= 4 is 5.97 Å². The van der Waals surface area contributed by atoms with Gasteiger partial charge in [0, 0.05) is 0 Å². The molecule has 0 saturated carbocycles. The van der Waals surface area contributed by atoms with Gasteiger partial charge in [0.2, 0.25) is 0 Å². The number of hydrogen-bond acceptors (Lipinski definition) is 2. The highest BCUT2D eigenvalue weighted by molar-refractivity contribution is 5.90. The van der Waals surface area contributed by atoms with Gasteiger partial charge in [0.25, 0.3) is 0 Å². The molecule has 2 rings (SSSR count). The summed E-state index contributed by atoms with van der Waals surface area (Å²) in [4.78, 5) is 10.9. The Labute approximate surface area is 110 Å². The Morgan fingerprint density at radius 1 is 1.21 bits per heavy atom. The van der Waals surface area contributed by atoms with Gasteiger partial charge in [0.15, 0.2) is 0 Å². The maximum atomic E-state index is 13.8. The van der Waals surface area contributed by atoms with Gasteiger partial charge in [0.1, 0.15) is 11.6 Å². The summed E-state index contributed by atoms with van der Waals surface area (Å²) in [6.45, 7) is 1.58. The van der Waals surface area contributed by atoms with E-state index in [1.54, 1.807) is 38.3 Å². The molecule has 0 fully saturated rings. The first kappa shape index (κ1) is 13.1. The molecule has 0 radical (unpaired) electrons. The van der Waals surface area contributed by atoms with Crippen LogP contribution in [0.15, 0.2) is 36.4 Å². The average molecular weight is 260 g/mol. The van der Waals surface area contributed by atoms with Crippen molar-refractivity contribution in [1.29, 1.82) is 0 Å². The second-order valence-electron chi connectivity index (χ2n) is 4.19. The summed E-state index contributed by atoms with van der Waals surface area (Å²) < 4.78 is 18.9. The lowest BCUT2D eigenvalue weighted by molar-refractivity contribution is 0.0691. The van der Waals surface area contributed by atoms with E-state index in [2.05, 4.69) is 0 Å². The highest BCUT2D eigenvalue weighted by atomic mass is 19.1. The number of ether oxygens (including phenoxy) is 1. The molecule has 19 heavy (non-hydrogen) atoms.